The maximum atomic E-state index is 12.9. The number of rotatable bonds is 9. The van der Waals surface area contributed by atoms with E-state index in [-0.39, 0.29) is 17.1 Å². The summed E-state index contributed by atoms with van der Waals surface area (Å²) in [6.45, 7) is 12.7. The highest BCUT2D eigenvalue weighted by Gasteiger charge is 2.27. The van der Waals surface area contributed by atoms with E-state index in [0.29, 0.717) is 18.2 Å². The van der Waals surface area contributed by atoms with E-state index < -0.39 is 5.92 Å². The highest BCUT2D eigenvalue weighted by atomic mass is 16.5. The van der Waals surface area contributed by atoms with Crippen LogP contribution in [0.1, 0.15) is 84.3 Å². The van der Waals surface area contributed by atoms with Gasteiger partial charge in [0.1, 0.15) is 22.5 Å². The molecule has 6 heteroatoms. The summed E-state index contributed by atoms with van der Waals surface area (Å²) < 4.78 is 5.72. The monoisotopic (exact) mass is 451 g/mol. The number of ether oxygens (including phenoxy) is 1. The summed E-state index contributed by atoms with van der Waals surface area (Å²) in [6.07, 6.45) is 4.36. The quantitative estimate of drug-likeness (QED) is 0.387. The van der Waals surface area contributed by atoms with E-state index >= 15 is 0 Å². The average molecular weight is 452 g/mol. The SMILES string of the molecule is CCCCC(CC)COC(=O)C(C)c1cc(-n2nc3ccccc3n2)c(O)c(C(C)(C)C)c1. The standard InChI is InChI=1S/C27H37N3O3/c1-7-9-12-19(8-2)17-33-26(32)18(3)20-15-21(27(4,5)6)25(31)24(16-20)30-28-22-13-10-11-14-23(22)29-30/h10-11,13-16,18-19,31H,7-9,12,17H2,1-6H3. The number of aromatic nitrogens is 3. The predicted octanol–water partition coefficient (Wildman–Crippen LogP) is 6.29. The molecule has 3 rings (SSSR count). The number of carbonyl (C=O) groups excluding carboxylic acids is 1. The van der Waals surface area contributed by atoms with E-state index in [4.69, 9.17) is 4.74 Å². The summed E-state index contributed by atoms with van der Waals surface area (Å²) in [7, 11) is 0. The first-order chi connectivity index (χ1) is 15.7. The Morgan fingerprint density at radius 3 is 2.30 bits per heavy atom. The number of esters is 1. The molecule has 33 heavy (non-hydrogen) atoms. The molecule has 0 amide bonds. The van der Waals surface area contributed by atoms with Crippen LogP contribution in [0, 0.1) is 5.92 Å². The largest absolute Gasteiger partial charge is 0.505 e. The zero-order chi connectivity index (χ0) is 24.2. The Bertz CT molecular complexity index is 1060. The van der Waals surface area contributed by atoms with E-state index in [1.54, 1.807) is 6.07 Å². The molecule has 0 spiro atoms. The number of unbranched alkanes of at least 4 members (excludes halogenated alkanes) is 1. The zero-order valence-corrected chi connectivity index (χ0v) is 20.8. The maximum absolute atomic E-state index is 12.9. The van der Waals surface area contributed by atoms with E-state index in [9.17, 15) is 9.90 Å². The van der Waals surface area contributed by atoms with Gasteiger partial charge in [0.2, 0.25) is 0 Å². The number of aromatic hydroxyl groups is 1. The van der Waals surface area contributed by atoms with Crippen molar-refractivity contribution in [3.05, 3.63) is 47.5 Å². The van der Waals surface area contributed by atoms with Crippen molar-refractivity contribution in [2.24, 2.45) is 5.92 Å². The number of carbonyl (C=O) groups is 1. The number of hydrogen-bond donors (Lipinski definition) is 1. The van der Waals surface area contributed by atoms with Gasteiger partial charge in [-0.15, -0.1) is 15.0 Å². The third-order valence-corrected chi connectivity index (χ3v) is 6.28. The number of phenols is 1. The Hall–Kier alpha value is -2.89. The van der Waals surface area contributed by atoms with Crippen LogP contribution in [0.5, 0.6) is 5.75 Å². The molecule has 0 fully saturated rings. The van der Waals surface area contributed by atoms with Crippen molar-refractivity contribution in [3.8, 4) is 11.4 Å². The van der Waals surface area contributed by atoms with Crippen molar-refractivity contribution in [3.63, 3.8) is 0 Å². The molecule has 2 unspecified atom stereocenters. The summed E-state index contributed by atoms with van der Waals surface area (Å²) in [4.78, 5) is 14.4. The number of fused-ring (bicyclic) bond motifs is 1. The predicted molar refractivity (Wildman–Crippen MR) is 132 cm³/mol. The fraction of sp³-hybridized carbons (Fsp3) is 0.519. The Labute approximate surface area is 197 Å². The van der Waals surface area contributed by atoms with Crippen molar-refractivity contribution in [2.45, 2.75) is 78.6 Å². The Morgan fingerprint density at radius 2 is 1.76 bits per heavy atom. The van der Waals surface area contributed by atoms with Crippen molar-refractivity contribution in [2.75, 3.05) is 6.61 Å². The van der Waals surface area contributed by atoms with E-state index in [1.165, 1.54) is 4.80 Å². The van der Waals surface area contributed by atoms with Gasteiger partial charge in [-0.05, 0) is 48.4 Å². The third-order valence-electron chi connectivity index (χ3n) is 6.28. The summed E-state index contributed by atoms with van der Waals surface area (Å²) in [5.41, 5.74) is 3.13. The lowest BCUT2D eigenvalue weighted by atomic mass is 9.83. The molecule has 1 N–H and O–H groups in total. The summed E-state index contributed by atoms with van der Waals surface area (Å²) in [5.74, 6) is -0.209. The minimum absolute atomic E-state index is 0.123. The molecule has 0 bridgehead atoms. The van der Waals surface area contributed by atoms with Gasteiger partial charge in [-0.25, -0.2) is 0 Å². The second-order valence-corrected chi connectivity index (χ2v) is 9.93. The molecule has 0 saturated heterocycles. The van der Waals surface area contributed by atoms with Gasteiger partial charge in [-0.3, -0.25) is 4.79 Å². The molecule has 0 saturated carbocycles. The molecule has 2 atom stereocenters. The lowest BCUT2D eigenvalue weighted by molar-refractivity contribution is -0.146. The molecular weight excluding hydrogens is 414 g/mol. The van der Waals surface area contributed by atoms with Gasteiger partial charge in [-0.2, -0.15) is 0 Å². The van der Waals surface area contributed by atoms with Crippen molar-refractivity contribution in [1.29, 1.82) is 0 Å². The van der Waals surface area contributed by atoms with Crippen LogP contribution in [-0.4, -0.2) is 32.7 Å². The Morgan fingerprint density at radius 1 is 1.12 bits per heavy atom. The molecule has 1 aromatic heterocycles. The fourth-order valence-corrected chi connectivity index (χ4v) is 3.94. The first kappa shape index (κ1) is 24.7. The number of hydrogen-bond acceptors (Lipinski definition) is 5. The van der Waals surface area contributed by atoms with Crippen molar-refractivity contribution >= 4 is 17.0 Å². The third kappa shape index (κ3) is 5.73. The first-order valence-electron chi connectivity index (χ1n) is 12.0. The normalized spacial score (nSPS) is 13.8. The smallest absolute Gasteiger partial charge is 0.313 e. The molecule has 0 aliphatic heterocycles. The van der Waals surface area contributed by atoms with Gasteiger partial charge in [0.05, 0.1) is 12.5 Å². The van der Waals surface area contributed by atoms with Gasteiger partial charge >= 0.3 is 5.97 Å². The molecule has 0 aliphatic rings. The molecule has 1 heterocycles. The van der Waals surface area contributed by atoms with Crippen molar-refractivity contribution < 1.29 is 14.6 Å². The van der Waals surface area contributed by atoms with Gasteiger partial charge in [0.25, 0.3) is 0 Å². The van der Waals surface area contributed by atoms with Gasteiger partial charge in [0.15, 0.2) is 0 Å². The summed E-state index contributed by atoms with van der Waals surface area (Å²) in [5, 5.41) is 20.2. The molecule has 3 aromatic rings. The Balaban J connectivity index is 1.94. The second-order valence-electron chi connectivity index (χ2n) is 9.93. The van der Waals surface area contributed by atoms with Crippen LogP contribution in [0.2, 0.25) is 0 Å². The maximum Gasteiger partial charge on any atom is 0.313 e. The molecule has 0 radical (unpaired) electrons. The number of phenolic OH excluding ortho intramolecular Hbond substituents is 1. The highest BCUT2D eigenvalue weighted by molar-refractivity contribution is 5.79. The molecule has 0 aliphatic carbocycles. The molecule has 2 aromatic carbocycles. The van der Waals surface area contributed by atoms with E-state index in [2.05, 4.69) is 24.0 Å². The minimum Gasteiger partial charge on any atom is -0.505 e. The summed E-state index contributed by atoms with van der Waals surface area (Å²) in [6, 6.07) is 11.3. The van der Waals surface area contributed by atoms with Crippen LogP contribution < -0.4 is 0 Å². The van der Waals surface area contributed by atoms with Crippen LogP contribution in [0.25, 0.3) is 16.7 Å². The lowest BCUT2D eigenvalue weighted by Crippen LogP contribution is -2.20. The minimum atomic E-state index is -0.473. The van der Waals surface area contributed by atoms with Crippen LogP contribution in [0.4, 0.5) is 0 Å². The lowest BCUT2D eigenvalue weighted by Gasteiger charge is -2.24. The van der Waals surface area contributed by atoms with Gasteiger partial charge in [0, 0.05) is 5.56 Å². The summed E-state index contributed by atoms with van der Waals surface area (Å²) >= 11 is 0. The van der Waals surface area contributed by atoms with Crippen LogP contribution >= 0.6 is 0 Å². The first-order valence-corrected chi connectivity index (χ1v) is 12.0. The highest BCUT2D eigenvalue weighted by Crippen LogP contribution is 2.38. The fourth-order valence-electron chi connectivity index (χ4n) is 3.94. The Kier molecular flexibility index (Phi) is 7.77. The number of benzene rings is 2. The number of nitrogens with zero attached hydrogens (tertiary/aromatic N) is 3. The zero-order valence-electron chi connectivity index (χ0n) is 20.8. The topological polar surface area (TPSA) is 77.2 Å². The van der Waals surface area contributed by atoms with Crippen LogP contribution in [-0.2, 0) is 14.9 Å². The second kappa shape index (κ2) is 10.4. The van der Waals surface area contributed by atoms with Gasteiger partial charge < -0.3 is 9.84 Å². The van der Waals surface area contributed by atoms with Crippen molar-refractivity contribution in [1.82, 2.24) is 15.0 Å². The van der Waals surface area contributed by atoms with Crippen LogP contribution in [0.15, 0.2) is 36.4 Å². The van der Waals surface area contributed by atoms with Gasteiger partial charge in [-0.1, -0.05) is 72.1 Å². The molecule has 178 valence electrons. The van der Waals surface area contributed by atoms with E-state index in [1.807, 2.05) is 58.0 Å². The van der Waals surface area contributed by atoms with E-state index in [0.717, 1.165) is 47.8 Å². The average Bonchev–Trinajstić information content (AvgIpc) is 3.22. The van der Waals surface area contributed by atoms with Crippen LogP contribution in [0.3, 0.4) is 0 Å². The molecular formula is C27H37N3O3. The molecule has 6 nitrogen and oxygen atoms in total.